The standard InChI is InChI=1S/C13H20F2N2O2/c1-3-16-10(6-8-19-9-12(14)15)13-11(18-2)5-4-7-17-13/h4-5,7,10,12,16H,3,6,8-9H2,1-2H3. The van der Waals surface area contributed by atoms with Gasteiger partial charge in [-0.3, -0.25) is 4.98 Å². The first-order valence-corrected chi connectivity index (χ1v) is 6.27. The highest BCUT2D eigenvalue weighted by atomic mass is 19.3. The Labute approximate surface area is 112 Å². The zero-order valence-electron chi connectivity index (χ0n) is 11.2. The van der Waals surface area contributed by atoms with Gasteiger partial charge in [-0.25, -0.2) is 8.78 Å². The normalized spacial score (nSPS) is 12.7. The Hall–Kier alpha value is -1.27. The van der Waals surface area contributed by atoms with Crippen LogP contribution in [0.4, 0.5) is 8.78 Å². The minimum atomic E-state index is -2.43. The summed E-state index contributed by atoms with van der Waals surface area (Å²) in [6.07, 6.45) is -0.183. The summed E-state index contributed by atoms with van der Waals surface area (Å²) in [4.78, 5) is 4.29. The Morgan fingerprint density at radius 1 is 1.42 bits per heavy atom. The van der Waals surface area contributed by atoms with E-state index in [1.54, 1.807) is 19.4 Å². The molecule has 1 rings (SSSR count). The maximum atomic E-state index is 12.0. The average Bonchev–Trinajstić information content (AvgIpc) is 2.42. The van der Waals surface area contributed by atoms with E-state index < -0.39 is 13.0 Å². The third-order valence-corrected chi connectivity index (χ3v) is 2.59. The molecule has 0 amide bonds. The number of nitrogens with one attached hydrogen (secondary N) is 1. The van der Waals surface area contributed by atoms with E-state index >= 15 is 0 Å². The molecule has 1 unspecified atom stereocenters. The number of aromatic nitrogens is 1. The first-order valence-electron chi connectivity index (χ1n) is 6.27. The van der Waals surface area contributed by atoms with Gasteiger partial charge in [0.2, 0.25) is 0 Å². The molecule has 1 aromatic heterocycles. The molecule has 1 atom stereocenters. The SMILES string of the molecule is CCNC(CCOCC(F)F)c1ncccc1OC. The van der Waals surface area contributed by atoms with Crippen LogP contribution in [-0.2, 0) is 4.74 Å². The van der Waals surface area contributed by atoms with E-state index in [2.05, 4.69) is 10.3 Å². The predicted octanol–water partition coefficient (Wildman–Crippen LogP) is 2.41. The molecule has 19 heavy (non-hydrogen) atoms. The number of nitrogens with zero attached hydrogens (tertiary/aromatic N) is 1. The molecule has 0 aromatic carbocycles. The second-order valence-corrected chi connectivity index (χ2v) is 3.96. The first-order chi connectivity index (χ1) is 9.19. The molecule has 0 bridgehead atoms. The number of alkyl halides is 2. The summed E-state index contributed by atoms with van der Waals surface area (Å²) in [5.41, 5.74) is 0.771. The van der Waals surface area contributed by atoms with Gasteiger partial charge in [0.25, 0.3) is 6.43 Å². The van der Waals surface area contributed by atoms with Crippen LogP contribution in [0.5, 0.6) is 5.75 Å². The molecule has 0 saturated carbocycles. The zero-order chi connectivity index (χ0) is 14.1. The largest absolute Gasteiger partial charge is 0.495 e. The molecule has 1 N–H and O–H groups in total. The highest BCUT2D eigenvalue weighted by Gasteiger charge is 2.16. The van der Waals surface area contributed by atoms with E-state index in [1.807, 2.05) is 13.0 Å². The molecule has 0 saturated heterocycles. The Bertz CT molecular complexity index is 364. The van der Waals surface area contributed by atoms with Crippen LogP contribution in [0.3, 0.4) is 0 Å². The van der Waals surface area contributed by atoms with Crippen molar-refractivity contribution in [2.45, 2.75) is 25.8 Å². The molecule has 4 nitrogen and oxygen atoms in total. The second-order valence-electron chi connectivity index (χ2n) is 3.96. The topological polar surface area (TPSA) is 43.4 Å². The van der Waals surface area contributed by atoms with Gasteiger partial charge < -0.3 is 14.8 Å². The number of pyridine rings is 1. The van der Waals surface area contributed by atoms with Crippen molar-refractivity contribution in [1.29, 1.82) is 0 Å². The van der Waals surface area contributed by atoms with Gasteiger partial charge in [-0.2, -0.15) is 0 Å². The lowest BCUT2D eigenvalue weighted by atomic mass is 10.1. The highest BCUT2D eigenvalue weighted by molar-refractivity contribution is 5.29. The summed E-state index contributed by atoms with van der Waals surface area (Å²) < 4.78 is 34.1. The molecule has 108 valence electrons. The summed E-state index contributed by atoms with van der Waals surface area (Å²) in [5, 5.41) is 3.25. The second kappa shape index (κ2) is 8.77. The number of methoxy groups -OCH3 is 1. The molecule has 6 heteroatoms. The van der Waals surface area contributed by atoms with E-state index in [0.717, 1.165) is 12.2 Å². The first kappa shape index (κ1) is 15.8. The lowest BCUT2D eigenvalue weighted by Gasteiger charge is -2.19. The van der Waals surface area contributed by atoms with Gasteiger partial charge in [-0.1, -0.05) is 6.92 Å². The maximum Gasteiger partial charge on any atom is 0.261 e. The fourth-order valence-electron chi connectivity index (χ4n) is 1.79. The van der Waals surface area contributed by atoms with Gasteiger partial charge in [-0.15, -0.1) is 0 Å². The van der Waals surface area contributed by atoms with Crippen molar-refractivity contribution in [3.05, 3.63) is 24.0 Å². The lowest BCUT2D eigenvalue weighted by Crippen LogP contribution is -2.24. The van der Waals surface area contributed by atoms with E-state index in [4.69, 9.17) is 9.47 Å². The monoisotopic (exact) mass is 274 g/mol. The van der Waals surface area contributed by atoms with Crippen molar-refractivity contribution in [1.82, 2.24) is 10.3 Å². The average molecular weight is 274 g/mol. The third-order valence-electron chi connectivity index (χ3n) is 2.59. The quantitative estimate of drug-likeness (QED) is 0.702. The molecule has 0 radical (unpaired) electrons. The molecule has 0 aliphatic heterocycles. The molecule has 1 aromatic rings. The number of rotatable bonds is 9. The Balaban J connectivity index is 2.60. The molecule has 0 spiro atoms. The lowest BCUT2D eigenvalue weighted by molar-refractivity contribution is 0.0142. The summed E-state index contributed by atoms with van der Waals surface area (Å²) in [7, 11) is 1.58. The summed E-state index contributed by atoms with van der Waals surface area (Å²) in [6.45, 7) is 2.45. The smallest absolute Gasteiger partial charge is 0.261 e. The zero-order valence-corrected chi connectivity index (χ0v) is 11.2. The molecular weight excluding hydrogens is 254 g/mol. The Morgan fingerprint density at radius 3 is 2.84 bits per heavy atom. The van der Waals surface area contributed by atoms with Gasteiger partial charge in [0.05, 0.1) is 18.8 Å². The summed E-state index contributed by atoms with van der Waals surface area (Å²) in [5.74, 6) is 0.683. The van der Waals surface area contributed by atoms with Crippen molar-refractivity contribution in [3.8, 4) is 5.75 Å². The maximum absolute atomic E-state index is 12.0. The Kier molecular flexibility index (Phi) is 7.28. The van der Waals surface area contributed by atoms with E-state index in [9.17, 15) is 8.78 Å². The molecular formula is C13H20F2N2O2. The van der Waals surface area contributed by atoms with Crippen LogP contribution in [-0.4, -0.2) is 38.3 Å². The van der Waals surface area contributed by atoms with Gasteiger partial charge in [0, 0.05) is 12.8 Å². The van der Waals surface area contributed by atoms with Crippen molar-refractivity contribution in [2.75, 3.05) is 26.9 Å². The van der Waals surface area contributed by atoms with E-state index in [1.165, 1.54) is 0 Å². The van der Waals surface area contributed by atoms with Crippen LogP contribution >= 0.6 is 0 Å². The molecule has 0 aliphatic rings. The van der Waals surface area contributed by atoms with Gasteiger partial charge in [0.1, 0.15) is 12.4 Å². The van der Waals surface area contributed by atoms with Gasteiger partial charge >= 0.3 is 0 Å². The summed E-state index contributed by atoms with van der Waals surface area (Å²) >= 11 is 0. The molecule has 0 aliphatic carbocycles. The number of ether oxygens (including phenoxy) is 2. The Morgan fingerprint density at radius 2 is 2.21 bits per heavy atom. The third kappa shape index (κ3) is 5.48. The fourth-order valence-corrected chi connectivity index (χ4v) is 1.79. The van der Waals surface area contributed by atoms with Crippen LogP contribution in [0.15, 0.2) is 18.3 Å². The number of halogens is 2. The summed E-state index contributed by atoms with van der Waals surface area (Å²) in [6, 6.07) is 3.55. The van der Waals surface area contributed by atoms with Crippen LogP contribution in [0.2, 0.25) is 0 Å². The minimum absolute atomic E-state index is 0.0705. The van der Waals surface area contributed by atoms with Gasteiger partial charge in [0.15, 0.2) is 0 Å². The van der Waals surface area contributed by atoms with E-state index in [-0.39, 0.29) is 12.6 Å². The predicted molar refractivity (Wildman–Crippen MR) is 68.6 cm³/mol. The highest BCUT2D eigenvalue weighted by Crippen LogP contribution is 2.24. The van der Waals surface area contributed by atoms with Gasteiger partial charge in [-0.05, 0) is 25.1 Å². The number of hydrogen-bond donors (Lipinski definition) is 1. The van der Waals surface area contributed by atoms with E-state index in [0.29, 0.717) is 12.2 Å². The van der Waals surface area contributed by atoms with Crippen molar-refractivity contribution in [2.24, 2.45) is 0 Å². The number of hydrogen-bond acceptors (Lipinski definition) is 4. The van der Waals surface area contributed by atoms with Crippen molar-refractivity contribution >= 4 is 0 Å². The van der Waals surface area contributed by atoms with Crippen LogP contribution in [0.25, 0.3) is 0 Å². The molecule has 1 heterocycles. The fraction of sp³-hybridized carbons (Fsp3) is 0.615. The van der Waals surface area contributed by atoms with Crippen molar-refractivity contribution in [3.63, 3.8) is 0 Å². The van der Waals surface area contributed by atoms with Crippen LogP contribution in [0.1, 0.15) is 25.1 Å². The minimum Gasteiger partial charge on any atom is -0.495 e. The van der Waals surface area contributed by atoms with Crippen LogP contribution < -0.4 is 10.1 Å². The van der Waals surface area contributed by atoms with Crippen molar-refractivity contribution < 1.29 is 18.3 Å². The van der Waals surface area contributed by atoms with Crippen LogP contribution in [0, 0.1) is 0 Å². The molecule has 0 fully saturated rings.